The van der Waals surface area contributed by atoms with Gasteiger partial charge in [0.25, 0.3) is 0 Å². The van der Waals surface area contributed by atoms with Crippen molar-refractivity contribution in [2.45, 2.75) is 11.3 Å². The highest BCUT2D eigenvalue weighted by atomic mass is 32.2. The molecule has 0 spiro atoms. The number of halogens is 3. The highest BCUT2D eigenvalue weighted by Crippen LogP contribution is 2.28. The maximum atomic E-state index is 12.2. The number of benzene rings is 2. The molecule has 0 radical (unpaired) electrons. The average molecular weight is 316 g/mol. The smallest absolute Gasteiger partial charge is 0.406 e. The van der Waals surface area contributed by atoms with Gasteiger partial charge in [0.15, 0.2) is 9.84 Å². The largest absolute Gasteiger partial charge is 0.573 e. The Morgan fingerprint density at radius 3 is 2.10 bits per heavy atom. The maximum absolute atomic E-state index is 12.2. The van der Waals surface area contributed by atoms with Gasteiger partial charge < -0.3 is 4.74 Å². The van der Waals surface area contributed by atoms with Gasteiger partial charge in [0.05, 0.1) is 4.90 Å². The van der Waals surface area contributed by atoms with Crippen LogP contribution in [0.4, 0.5) is 13.2 Å². The van der Waals surface area contributed by atoms with Crippen molar-refractivity contribution in [2.75, 3.05) is 6.26 Å². The van der Waals surface area contributed by atoms with Crippen molar-refractivity contribution in [2.24, 2.45) is 0 Å². The highest BCUT2D eigenvalue weighted by molar-refractivity contribution is 7.90. The van der Waals surface area contributed by atoms with E-state index in [-0.39, 0.29) is 10.6 Å². The molecule has 0 atom stereocenters. The zero-order valence-corrected chi connectivity index (χ0v) is 11.7. The van der Waals surface area contributed by atoms with Gasteiger partial charge in [-0.25, -0.2) is 8.42 Å². The Labute approximate surface area is 119 Å². The molecule has 0 aliphatic rings. The molecule has 0 saturated heterocycles. The Balaban J connectivity index is 2.32. The summed E-state index contributed by atoms with van der Waals surface area (Å²) < 4.78 is 63.1. The summed E-state index contributed by atoms with van der Waals surface area (Å²) >= 11 is 0. The van der Waals surface area contributed by atoms with Crippen molar-refractivity contribution in [3.63, 3.8) is 0 Å². The average Bonchev–Trinajstić information content (AvgIpc) is 2.36. The van der Waals surface area contributed by atoms with Crippen LogP contribution in [0.1, 0.15) is 0 Å². The molecule has 0 aliphatic carbocycles. The van der Waals surface area contributed by atoms with E-state index in [1.165, 1.54) is 42.5 Å². The lowest BCUT2D eigenvalue weighted by Crippen LogP contribution is -2.17. The molecule has 0 heterocycles. The second-order valence-electron chi connectivity index (χ2n) is 4.37. The summed E-state index contributed by atoms with van der Waals surface area (Å²) in [6, 6.07) is 11.3. The Hall–Kier alpha value is -2.02. The van der Waals surface area contributed by atoms with E-state index < -0.39 is 16.2 Å². The van der Waals surface area contributed by atoms with E-state index in [1.54, 1.807) is 6.07 Å². The van der Waals surface area contributed by atoms with Gasteiger partial charge in [0.2, 0.25) is 0 Å². The third-order valence-corrected chi connectivity index (χ3v) is 3.81. The normalized spacial score (nSPS) is 12.2. The first kappa shape index (κ1) is 15.4. The second-order valence-corrected chi connectivity index (χ2v) is 6.39. The molecule has 21 heavy (non-hydrogen) atoms. The topological polar surface area (TPSA) is 43.4 Å². The summed E-state index contributed by atoms with van der Waals surface area (Å²) in [4.78, 5) is 0.147. The quantitative estimate of drug-likeness (QED) is 0.868. The van der Waals surface area contributed by atoms with Crippen LogP contribution in [0.25, 0.3) is 11.1 Å². The standard InChI is InChI=1S/C14H11F3O3S/c1-21(18,19)13-7-5-10(6-8-13)11-3-2-4-12(9-11)20-14(15,16)17/h2-9H,1H3. The van der Waals surface area contributed by atoms with Crippen LogP contribution in [0.5, 0.6) is 5.75 Å². The molecule has 0 aliphatic heterocycles. The third-order valence-electron chi connectivity index (χ3n) is 2.68. The third kappa shape index (κ3) is 4.22. The Kier molecular flexibility index (Phi) is 3.95. The van der Waals surface area contributed by atoms with Crippen LogP contribution >= 0.6 is 0 Å². The van der Waals surface area contributed by atoms with Crippen LogP contribution in [-0.4, -0.2) is 21.0 Å². The van der Waals surface area contributed by atoms with Gasteiger partial charge in [0, 0.05) is 6.26 Å². The van der Waals surface area contributed by atoms with E-state index in [4.69, 9.17) is 0 Å². The second kappa shape index (κ2) is 5.40. The minimum absolute atomic E-state index is 0.147. The predicted octanol–water partition coefficient (Wildman–Crippen LogP) is 3.66. The van der Waals surface area contributed by atoms with Gasteiger partial charge in [-0.3, -0.25) is 0 Å². The van der Waals surface area contributed by atoms with Crippen LogP contribution in [-0.2, 0) is 9.84 Å². The number of rotatable bonds is 3. The molecule has 0 N–H and O–H groups in total. The summed E-state index contributed by atoms with van der Waals surface area (Å²) in [6.07, 6.45) is -3.67. The van der Waals surface area contributed by atoms with E-state index in [9.17, 15) is 21.6 Å². The minimum Gasteiger partial charge on any atom is -0.406 e. The summed E-state index contributed by atoms with van der Waals surface area (Å²) in [5.74, 6) is -0.327. The van der Waals surface area contributed by atoms with Crippen molar-refractivity contribution in [3.8, 4) is 16.9 Å². The maximum Gasteiger partial charge on any atom is 0.573 e. The van der Waals surface area contributed by atoms with E-state index in [1.807, 2.05) is 0 Å². The number of hydrogen-bond acceptors (Lipinski definition) is 3. The fourth-order valence-electron chi connectivity index (χ4n) is 1.77. The van der Waals surface area contributed by atoms with Gasteiger partial charge in [0.1, 0.15) is 5.75 Å². The van der Waals surface area contributed by atoms with Crippen LogP contribution in [0.15, 0.2) is 53.4 Å². The molecule has 2 rings (SSSR count). The molecule has 7 heteroatoms. The minimum atomic E-state index is -4.75. The first-order chi connectivity index (χ1) is 9.65. The highest BCUT2D eigenvalue weighted by Gasteiger charge is 2.31. The van der Waals surface area contributed by atoms with Crippen molar-refractivity contribution in [3.05, 3.63) is 48.5 Å². The molecule has 0 aromatic heterocycles. The van der Waals surface area contributed by atoms with Gasteiger partial charge in [-0.05, 0) is 35.4 Å². The lowest BCUT2D eigenvalue weighted by molar-refractivity contribution is -0.274. The summed E-state index contributed by atoms with van der Waals surface area (Å²) in [6.45, 7) is 0. The van der Waals surface area contributed by atoms with Crippen LogP contribution in [0, 0.1) is 0 Å². The molecule has 0 bridgehead atoms. The van der Waals surface area contributed by atoms with Gasteiger partial charge >= 0.3 is 6.36 Å². The molecule has 3 nitrogen and oxygen atoms in total. The monoisotopic (exact) mass is 316 g/mol. The lowest BCUT2D eigenvalue weighted by Gasteiger charge is -2.10. The predicted molar refractivity (Wildman–Crippen MR) is 71.7 cm³/mol. The number of alkyl halides is 3. The Bertz CT molecular complexity index is 735. The van der Waals surface area contributed by atoms with Gasteiger partial charge in [-0.2, -0.15) is 0 Å². The fraction of sp³-hybridized carbons (Fsp3) is 0.143. The van der Waals surface area contributed by atoms with E-state index in [0.29, 0.717) is 11.1 Å². The van der Waals surface area contributed by atoms with Crippen molar-refractivity contribution in [1.29, 1.82) is 0 Å². The molecule has 0 unspecified atom stereocenters. The van der Waals surface area contributed by atoms with Crippen LogP contribution in [0.3, 0.4) is 0 Å². The van der Waals surface area contributed by atoms with E-state index in [0.717, 1.165) is 6.26 Å². The van der Waals surface area contributed by atoms with Crippen LogP contribution < -0.4 is 4.74 Å². The van der Waals surface area contributed by atoms with E-state index >= 15 is 0 Å². The van der Waals surface area contributed by atoms with Crippen molar-refractivity contribution >= 4 is 9.84 Å². The summed E-state index contributed by atoms with van der Waals surface area (Å²) in [5, 5.41) is 0. The first-order valence-corrected chi connectivity index (χ1v) is 7.71. The zero-order valence-electron chi connectivity index (χ0n) is 10.9. The zero-order chi connectivity index (χ0) is 15.7. The van der Waals surface area contributed by atoms with Gasteiger partial charge in [-0.15, -0.1) is 13.2 Å². The SMILES string of the molecule is CS(=O)(=O)c1ccc(-c2cccc(OC(F)(F)F)c2)cc1. The molecule has 0 saturated carbocycles. The summed E-state index contributed by atoms with van der Waals surface area (Å²) in [7, 11) is -3.31. The number of sulfone groups is 1. The number of hydrogen-bond donors (Lipinski definition) is 0. The molecular formula is C14H11F3O3S. The molecule has 112 valence electrons. The Morgan fingerprint density at radius 2 is 1.57 bits per heavy atom. The molecule has 0 amide bonds. The Morgan fingerprint density at radius 1 is 0.952 bits per heavy atom. The van der Waals surface area contributed by atoms with Gasteiger partial charge in [-0.1, -0.05) is 24.3 Å². The molecule has 2 aromatic rings. The van der Waals surface area contributed by atoms with Crippen LogP contribution in [0.2, 0.25) is 0 Å². The lowest BCUT2D eigenvalue weighted by atomic mass is 10.1. The molecular weight excluding hydrogens is 305 g/mol. The van der Waals surface area contributed by atoms with Crippen molar-refractivity contribution in [1.82, 2.24) is 0 Å². The van der Waals surface area contributed by atoms with E-state index in [2.05, 4.69) is 4.74 Å². The van der Waals surface area contributed by atoms with Crippen molar-refractivity contribution < 1.29 is 26.3 Å². The number of ether oxygens (including phenoxy) is 1. The molecule has 0 fully saturated rings. The summed E-state index contributed by atoms with van der Waals surface area (Å²) in [5.41, 5.74) is 1.09. The fourth-order valence-corrected chi connectivity index (χ4v) is 2.40. The first-order valence-electron chi connectivity index (χ1n) is 5.81. The molecule has 2 aromatic carbocycles.